The molecule has 0 aromatic carbocycles. The van der Waals surface area contributed by atoms with E-state index in [-0.39, 0.29) is 0 Å². The molecule has 3 nitrogen and oxygen atoms in total. The van der Waals surface area contributed by atoms with Crippen LogP contribution in [0.25, 0.3) is 0 Å². The lowest BCUT2D eigenvalue weighted by atomic mass is 9.92. The van der Waals surface area contributed by atoms with Crippen LogP contribution in [0, 0.1) is 5.92 Å². The van der Waals surface area contributed by atoms with Gasteiger partial charge in [0.15, 0.2) is 0 Å². The highest BCUT2D eigenvalue weighted by Crippen LogP contribution is 2.24. The molecule has 2 atom stereocenters. The molecule has 2 heterocycles. The van der Waals surface area contributed by atoms with Gasteiger partial charge in [-0.3, -0.25) is 4.90 Å². The van der Waals surface area contributed by atoms with Crippen molar-refractivity contribution in [2.24, 2.45) is 5.92 Å². The molecule has 1 N–H and O–H groups in total. The van der Waals surface area contributed by atoms with Gasteiger partial charge in [-0.05, 0) is 50.9 Å². The van der Waals surface area contributed by atoms with Gasteiger partial charge < -0.3 is 9.73 Å². The van der Waals surface area contributed by atoms with Gasteiger partial charge in [-0.25, -0.2) is 0 Å². The third-order valence-corrected chi connectivity index (χ3v) is 4.13. The maximum Gasteiger partial charge on any atom is 0.118 e. The van der Waals surface area contributed by atoms with Crippen molar-refractivity contribution in [3.8, 4) is 0 Å². The minimum absolute atomic E-state index is 0.668. The SMILES string of the molecule is CCNCc1ccc(CN2CCCC(C)C2C)o1. The van der Waals surface area contributed by atoms with Gasteiger partial charge in [-0.1, -0.05) is 13.8 Å². The first-order valence-electron chi connectivity index (χ1n) is 7.23. The number of piperidine rings is 1. The molecule has 1 aliphatic heterocycles. The zero-order chi connectivity index (χ0) is 13.0. The molecule has 1 saturated heterocycles. The van der Waals surface area contributed by atoms with Crippen molar-refractivity contribution in [2.75, 3.05) is 13.1 Å². The van der Waals surface area contributed by atoms with Crippen LogP contribution in [-0.4, -0.2) is 24.0 Å². The zero-order valence-corrected chi connectivity index (χ0v) is 11.9. The lowest BCUT2D eigenvalue weighted by Gasteiger charge is -2.37. The van der Waals surface area contributed by atoms with Crippen LogP contribution in [-0.2, 0) is 13.1 Å². The molecule has 0 spiro atoms. The Morgan fingerprint density at radius 3 is 2.89 bits per heavy atom. The molecular weight excluding hydrogens is 224 g/mol. The second-order valence-electron chi connectivity index (χ2n) is 5.48. The van der Waals surface area contributed by atoms with Gasteiger partial charge in [-0.2, -0.15) is 0 Å². The van der Waals surface area contributed by atoms with Crippen LogP contribution < -0.4 is 5.32 Å². The van der Waals surface area contributed by atoms with Gasteiger partial charge in [0.2, 0.25) is 0 Å². The van der Waals surface area contributed by atoms with Crippen molar-refractivity contribution < 1.29 is 4.42 Å². The molecule has 0 aliphatic carbocycles. The number of nitrogens with zero attached hydrogens (tertiary/aromatic N) is 1. The Balaban J connectivity index is 1.90. The van der Waals surface area contributed by atoms with Crippen molar-refractivity contribution >= 4 is 0 Å². The lowest BCUT2D eigenvalue weighted by Crippen LogP contribution is -2.41. The first-order chi connectivity index (χ1) is 8.70. The minimum atomic E-state index is 0.668. The second-order valence-corrected chi connectivity index (χ2v) is 5.48. The summed E-state index contributed by atoms with van der Waals surface area (Å²) in [6.07, 6.45) is 2.68. The fraction of sp³-hybridized carbons (Fsp3) is 0.733. The van der Waals surface area contributed by atoms with Crippen molar-refractivity contribution in [1.82, 2.24) is 10.2 Å². The molecule has 0 radical (unpaired) electrons. The summed E-state index contributed by atoms with van der Waals surface area (Å²) in [4.78, 5) is 2.55. The fourth-order valence-corrected chi connectivity index (χ4v) is 2.69. The molecule has 18 heavy (non-hydrogen) atoms. The quantitative estimate of drug-likeness (QED) is 0.871. The maximum atomic E-state index is 5.87. The third-order valence-electron chi connectivity index (χ3n) is 4.13. The molecule has 1 fully saturated rings. The Labute approximate surface area is 111 Å². The van der Waals surface area contributed by atoms with E-state index in [2.05, 4.69) is 43.1 Å². The summed E-state index contributed by atoms with van der Waals surface area (Å²) in [6, 6.07) is 4.88. The summed E-state index contributed by atoms with van der Waals surface area (Å²) in [6.45, 7) is 10.8. The number of rotatable bonds is 5. The molecule has 1 aliphatic rings. The smallest absolute Gasteiger partial charge is 0.118 e. The van der Waals surface area contributed by atoms with Gasteiger partial charge >= 0.3 is 0 Å². The van der Waals surface area contributed by atoms with E-state index in [1.54, 1.807) is 0 Å². The van der Waals surface area contributed by atoms with Gasteiger partial charge in [0.25, 0.3) is 0 Å². The van der Waals surface area contributed by atoms with Gasteiger partial charge in [0, 0.05) is 6.04 Å². The van der Waals surface area contributed by atoms with Crippen molar-refractivity contribution in [1.29, 1.82) is 0 Å². The number of hydrogen-bond donors (Lipinski definition) is 1. The predicted octanol–water partition coefficient (Wildman–Crippen LogP) is 3.01. The molecule has 0 saturated carbocycles. The Bertz CT molecular complexity index is 361. The van der Waals surface area contributed by atoms with Crippen LogP contribution in [0.2, 0.25) is 0 Å². The second kappa shape index (κ2) is 6.39. The summed E-state index contributed by atoms with van der Waals surface area (Å²) >= 11 is 0. The topological polar surface area (TPSA) is 28.4 Å². The van der Waals surface area contributed by atoms with Crippen LogP contribution in [0.15, 0.2) is 16.5 Å². The molecule has 1 aromatic rings. The fourth-order valence-electron chi connectivity index (χ4n) is 2.69. The summed E-state index contributed by atoms with van der Waals surface area (Å²) < 4.78 is 5.87. The standard InChI is InChI=1S/C15H26N2O/c1-4-16-10-14-7-8-15(18-14)11-17-9-5-6-12(2)13(17)3/h7-8,12-13,16H,4-6,9-11H2,1-3H3. The minimum Gasteiger partial charge on any atom is -0.463 e. The molecule has 3 heteroatoms. The first-order valence-corrected chi connectivity index (χ1v) is 7.23. The van der Waals surface area contributed by atoms with Crippen molar-refractivity contribution in [3.63, 3.8) is 0 Å². The van der Waals surface area contributed by atoms with Gasteiger partial charge in [0.05, 0.1) is 13.1 Å². The average molecular weight is 250 g/mol. The molecule has 1 aromatic heterocycles. The summed E-state index contributed by atoms with van der Waals surface area (Å²) in [5.74, 6) is 2.95. The molecule has 0 bridgehead atoms. The largest absolute Gasteiger partial charge is 0.463 e. The van der Waals surface area contributed by atoms with Crippen LogP contribution in [0.1, 0.15) is 45.1 Å². The highest BCUT2D eigenvalue weighted by atomic mass is 16.3. The molecular formula is C15H26N2O. The normalized spacial score (nSPS) is 25.5. The summed E-state index contributed by atoms with van der Waals surface area (Å²) in [5.41, 5.74) is 0. The van der Waals surface area contributed by atoms with E-state index in [1.165, 1.54) is 19.4 Å². The lowest BCUT2D eigenvalue weighted by molar-refractivity contribution is 0.0981. The monoisotopic (exact) mass is 250 g/mol. The van der Waals surface area contributed by atoms with Crippen molar-refractivity contribution in [2.45, 2.75) is 52.7 Å². The van der Waals surface area contributed by atoms with E-state index >= 15 is 0 Å². The Morgan fingerprint density at radius 1 is 1.33 bits per heavy atom. The van der Waals surface area contributed by atoms with Gasteiger partial charge in [0.1, 0.15) is 11.5 Å². The average Bonchev–Trinajstić information content (AvgIpc) is 2.80. The number of nitrogens with one attached hydrogen (secondary N) is 1. The Hall–Kier alpha value is -0.800. The van der Waals surface area contributed by atoms with E-state index in [0.717, 1.165) is 37.1 Å². The molecule has 0 amide bonds. The van der Waals surface area contributed by atoms with E-state index in [1.807, 2.05) is 0 Å². The highest BCUT2D eigenvalue weighted by molar-refractivity contribution is 5.07. The van der Waals surface area contributed by atoms with E-state index in [4.69, 9.17) is 4.42 Å². The molecule has 2 rings (SSSR count). The molecule has 2 unspecified atom stereocenters. The summed E-state index contributed by atoms with van der Waals surface area (Å²) in [5, 5.41) is 3.29. The van der Waals surface area contributed by atoms with Crippen LogP contribution in [0.4, 0.5) is 0 Å². The zero-order valence-electron chi connectivity index (χ0n) is 11.9. The predicted molar refractivity (Wildman–Crippen MR) is 74.4 cm³/mol. The van der Waals surface area contributed by atoms with Crippen LogP contribution in [0.5, 0.6) is 0 Å². The van der Waals surface area contributed by atoms with E-state index in [0.29, 0.717) is 6.04 Å². The Morgan fingerprint density at radius 2 is 2.11 bits per heavy atom. The number of hydrogen-bond acceptors (Lipinski definition) is 3. The highest BCUT2D eigenvalue weighted by Gasteiger charge is 2.25. The van der Waals surface area contributed by atoms with Crippen molar-refractivity contribution in [3.05, 3.63) is 23.7 Å². The molecule has 102 valence electrons. The maximum absolute atomic E-state index is 5.87. The summed E-state index contributed by atoms with van der Waals surface area (Å²) in [7, 11) is 0. The number of likely N-dealkylation sites (tertiary alicyclic amines) is 1. The first kappa shape index (κ1) is 13.6. The van der Waals surface area contributed by atoms with E-state index in [9.17, 15) is 0 Å². The van der Waals surface area contributed by atoms with Crippen LogP contribution >= 0.6 is 0 Å². The van der Waals surface area contributed by atoms with E-state index < -0.39 is 0 Å². The Kier molecular flexibility index (Phi) is 4.84. The third kappa shape index (κ3) is 3.36. The number of furan rings is 1. The van der Waals surface area contributed by atoms with Crippen LogP contribution in [0.3, 0.4) is 0 Å². The van der Waals surface area contributed by atoms with Gasteiger partial charge in [-0.15, -0.1) is 0 Å².